The Balaban J connectivity index is 5.30. The molecule has 0 aliphatic rings. The molecule has 0 aliphatic carbocycles. The second-order valence-electron chi connectivity index (χ2n) is 2.46. The van der Waals surface area contributed by atoms with E-state index in [9.17, 15) is 39.5 Å². The topological polar surface area (TPSA) is 20.2 Å². The van der Waals surface area contributed by atoms with Crippen molar-refractivity contribution in [1.82, 2.24) is 0 Å². The first-order valence-corrected chi connectivity index (χ1v) is 3.12. The van der Waals surface area contributed by atoms with E-state index in [4.69, 9.17) is 5.11 Å². The third kappa shape index (κ3) is 1.99. The number of alkyl halides is 9. The zero-order chi connectivity index (χ0) is 12.7. The van der Waals surface area contributed by atoms with Crippen LogP contribution in [0.4, 0.5) is 39.5 Å². The molecule has 0 aromatic heterocycles. The van der Waals surface area contributed by atoms with E-state index in [-0.39, 0.29) is 0 Å². The zero-order valence-corrected chi connectivity index (χ0v) is 6.50. The number of aliphatic hydroxyl groups excluding tert-OH is 1. The minimum Gasteiger partial charge on any atom is -0.359 e. The van der Waals surface area contributed by atoms with Crippen LogP contribution in [0, 0.1) is 0 Å². The molecule has 15 heavy (non-hydrogen) atoms. The van der Waals surface area contributed by atoms with Crippen molar-refractivity contribution in [3.8, 4) is 0 Å². The lowest BCUT2D eigenvalue weighted by molar-refractivity contribution is -0.368. The normalized spacial score (nSPS) is 17.0. The first kappa shape index (κ1) is 14.3. The molecule has 1 nitrogen and oxygen atoms in total. The van der Waals surface area contributed by atoms with Crippen molar-refractivity contribution in [2.24, 2.45) is 0 Å². The highest BCUT2D eigenvalue weighted by Gasteiger charge is 2.78. The first-order valence-electron chi connectivity index (χ1n) is 3.12. The summed E-state index contributed by atoms with van der Waals surface area (Å²) in [6.07, 6.45) is -9.81. The van der Waals surface area contributed by atoms with Crippen LogP contribution in [-0.2, 0) is 0 Å². The first-order chi connectivity index (χ1) is 6.39. The number of aliphatic hydroxyl groups is 1. The smallest absolute Gasteiger partial charge is 0.359 e. The molecule has 0 saturated heterocycles. The van der Waals surface area contributed by atoms with Gasteiger partial charge in [0.05, 0.1) is 0 Å². The fourth-order valence-corrected chi connectivity index (χ4v) is 0.509. The predicted molar refractivity (Wildman–Crippen MR) is 28.0 cm³/mol. The highest BCUT2D eigenvalue weighted by atomic mass is 19.4. The van der Waals surface area contributed by atoms with Gasteiger partial charge < -0.3 is 5.11 Å². The fourth-order valence-electron chi connectivity index (χ4n) is 0.509. The van der Waals surface area contributed by atoms with Gasteiger partial charge in [-0.2, -0.15) is 26.3 Å². The van der Waals surface area contributed by atoms with Crippen LogP contribution >= 0.6 is 0 Å². The molecule has 0 radical (unpaired) electrons. The highest BCUT2D eigenvalue weighted by molar-refractivity contribution is 4.98. The minimum atomic E-state index is -6.71. The van der Waals surface area contributed by atoms with Crippen molar-refractivity contribution in [2.45, 2.75) is 30.6 Å². The van der Waals surface area contributed by atoms with Crippen LogP contribution in [0.3, 0.4) is 0 Å². The lowest BCUT2D eigenvalue weighted by Gasteiger charge is -2.32. The van der Waals surface area contributed by atoms with E-state index in [0.717, 1.165) is 0 Å². The summed E-state index contributed by atoms with van der Waals surface area (Å²) in [6.45, 7) is 0. The molecular formula is C5H3F9O. The van der Waals surface area contributed by atoms with Crippen molar-refractivity contribution in [3.63, 3.8) is 0 Å². The molecule has 0 bridgehead atoms. The Labute approximate surface area is 76.5 Å². The van der Waals surface area contributed by atoms with Gasteiger partial charge in [0.2, 0.25) is 0 Å². The van der Waals surface area contributed by atoms with Gasteiger partial charge in [0.15, 0.2) is 0 Å². The number of rotatable bonds is 4. The van der Waals surface area contributed by atoms with Gasteiger partial charge in [0.1, 0.15) is 0 Å². The Morgan fingerprint density at radius 2 is 1.07 bits per heavy atom. The summed E-state index contributed by atoms with van der Waals surface area (Å²) < 4.78 is 106. The lowest BCUT2D eigenvalue weighted by Crippen LogP contribution is -2.61. The summed E-state index contributed by atoms with van der Waals surface area (Å²) in [4.78, 5) is 0. The van der Waals surface area contributed by atoms with Gasteiger partial charge in [-0.3, -0.25) is 0 Å². The van der Waals surface area contributed by atoms with E-state index in [0.29, 0.717) is 0 Å². The Morgan fingerprint density at radius 1 is 0.733 bits per heavy atom. The number of hydrogen-bond donors (Lipinski definition) is 1. The highest BCUT2D eigenvalue weighted by Crippen LogP contribution is 2.49. The molecule has 1 atom stereocenters. The van der Waals surface area contributed by atoms with Crippen molar-refractivity contribution >= 4 is 0 Å². The van der Waals surface area contributed by atoms with Crippen molar-refractivity contribution in [2.75, 3.05) is 0 Å². The third-order valence-electron chi connectivity index (χ3n) is 1.41. The minimum absolute atomic E-state index is 4.68. The quantitative estimate of drug-likeness (QED) is 0.760. The van der Waals surface area contributed by atoms with Crippen molar-refractivity contribution in [3.05, 3.63) is 0 Å². The molecule has 0 fully saturated rings. The molecule has 0 rings (SSSR count). The molecule has 0 aromatic carbocycles. The molecule has 0 saturated carbocycles. The fraction of sp³-hybridized carbons (Fsp3) is 1.00. The average molecular weight is 250 g/mol. The van der Waals surface area contributed by atoms with Crippen molar-refractivity contribution < 1.29 is 44.6 Å². The molecule has 0 spiro atoms. The molecular weight excluding hydrogens is 247 g/mol. The van der Waals surface area contributed by atoms with Gasteiger partial charge in [-0.15, -0.1) is 0 Å². The third-order valence-corrected chi connectivity index (χ3v) is 1.41. The SMILES string of the molecule is OC(F)C(F)(F)C(F)(F)C(F)(F)C(F)F. The number of halogens is 9. The van der Waals surface area contributed by atoms with Crippen LogP contribution in [0.15, 0.2) is 0 Å². The predicted octanol–water partition coefficient (Wildman–Crippen LogP) is 2.45. The summed E-state index contributed by atoms with van der Waals surface area (Å²) in [6, 6.07) is 0. The average Bonchev–Trinajstić information content (AvgIpc) is 2.02. The maximum atomic E-state index is 12.1. The van der Waals surface area contributed by atoms with E-state index in [2.05, 4.69) is 0 Å². The van der Waals surface area contributed by atoms with Gasteiger partial charge in [-0.25, -0.2) is 13.2 Å². The maximum absolute atomic E-state index is 12.1. The van der Waals surface area contributed by atoms with E-state index in [1.165, 1.54) is 0 Å². The largest absolute Gasteiger partial charge is 0.383 e. The summed E-state index contributed by atoms with van der Waals surface area (Å²) >= 11 is 0. The summed E-state index contributed by atoms with van der Waals surface area (Å²) in [5.74, 6) is -19.5. The Hall–Kier alpha value is -0.670. The van der Waals surface area contributed by atoms with Crippen LogP contribution in [0.5, 0.6) is 0 Å². The molecule has 1 N–H and O–H groups in total. The Kier molecular flexibility index (Phi) is 3.56. The summed E-state index contributed by atoms with van der Waals surface area (Å²) in [5, 5.41) is 7.49. The van der Waals surface area contributed by atoms with Crippen LogP contribution in [0.2, 0.25) is 0 Å². The molecule has 0 heterocycles. The molecule has 1 unspecified atom stereocenters. The van der Waals surface area contributed by atoms with E-state index in [1.807, 2.05) is 0 Å². The standard InChI is InChI=1S/C5H3F9O/c6-1(7)3(9,10)5(13,14)4(11,12)2(8)15/h1-2,15H. The van der Waals surface area contributed by atoms with E-state index in [1.54, 1.807) is 0 Å². The van der Waals surface area contributed by atoms with Crippen LogP contribution in [0.1, 0.15) is 0 Å². The Bertz CT molecular complexity index is 201. The maximum Gasteiger partial charge on any atom is 0.383 e. The van der Waals surface area contributed by atoms with E-state index < -0.39 is 30.6 Å². The van der Waals surface area contributed by atoms with Gasteiger partial charge >= 0.3 is 24.2 Å². The molecule has 92 valence electrons. The second-order valence-corrected chi connectivity index (χ2v) is 2.46. The van der Waals surface area contributed by atoms with Gasteiger partial charge in [-0.05, 0) is 0 Å². The summed E-state index contributed by atoms with van der Waals surface area (Å²) in [5.41, 5.74) is 0. The van der Waals surface area contributed by atoms with Crippen molar-refractivity contribution in [1.29, 1.82) is 0 Å². The Morgan fingerprint density at radius 3 is 1.27 bits per heavy atom. The van der Waals surface area contributed by atoms with Crippen LogP contribution in [0.25, 0.3) is 0 Å². The molecule has 10 heteroatoms. The van der Waals surface area contributed by atoms with Gasteiger partial charge in [0, 0.05) is 0 Å². The molecule has 0 aromatic rings. The monoisotopic (exact) mass is 250 g/mol. The van der Waals surface area contributed by atoms with Gasteiger partial charge in [-0.1, -0.05) is 0 Å². The summed E-state index contributed by atoms with van der Waals surface area (Å²) in [7, 11) is 0. The molecule has 0 aliphatic heterocycles. The van der Waals surface area contributed by atoms with E-state index >= 15 is 0 Å². The second kappa shape index (κ2) is 3.72. The van der Waals surface area contributed by atoms with Crippen LogP contribution < -0.4 is 0 Å². The lowest BCUT2D eigenvalue weighted by atomic mass is 10.1. The van der Waals surface area contributed by atoms with Crippen LogP contribution in [-0.4, -0.2) is 35.7 Å². The zero-order valence-electron chi connectivity index (χ0n) is 6.50. The molecule has 0 amide bonds. The van der Waals surface area contributed by atoms with Gasteiger partial charge in [0.25, 0.3) is 6.36 Å². The number of hydrogen-bond acceptors (Lipinski definition) is 1.